The molecule has 0 atom stereocenters. The molecule has 0 saturated carbocycles. The van der Waals surface area contributed by atoms with E-state index in [9.17, 15) is 9.18 Å². The normalized spacial score (nSPS) is 14.5. The first-order chi connectivity index (χ1) is 16.2. The molecule has 1 fully saturated rings. The highest BCUT2D eigenvalue weighted by Gasteiger charge is 2.22. The number of rotatable bonds is 6. The maximum Gasteiger partial charge on any atom is 0.251 e. The van der Waals surface area contributed by atoms with Crippen LogP contribution < -0.4 is 10.2 Å². The van der Waals surface area contributed by atoms with Crippen LogP contribution in [0, 0.1) is 11.7 Å². The fourth-order valence-electron chi connectivity index (χ4n) is 4.31. The van der Waals surface area contributed by atoms with E-state index in [-0.39, 0.29) is 11.7 Å². The predicted octanol–water partition coefficient (Wildman–Crippen LogP) is 5.07. The zero-order valence-electron chi connectivity index (χ0n) is 18.2. The molecule has 168 valence electrons. The molecule has 1 saturated heterocycles. The number of halogens is 1. The number of fused-ring (bicyclic) bond motifs is 1. The van der Waals surface area contributed by atoms with Crippen LogP contribution in [0.3, 0.4) is 0 Å². The standard InChI is InChI=1S/C26H25FN4OS/c27-21-10-8-18(9-11-21)16-24-29-26(33-30-24)31-14-12-19(13-15-31)17-28-25(32)23-7-3-5-20-4-1-2-6-22(20)23/h1-11,19H,12-17H2,(H,28,32). The van der Waals surface area contributed by atoms with Gasteiger partial charge in [0.2, 0.25) is 5.13 Å². The molecule has 0 unspecified atom stereocenters. The summed E-state index contributed by atoms with van der Waals surface area (Å²) >= 11 is 1.42. The van der Waals surface area contributed by atoms with Crippen LogP contribution in [0.2, 0.25) is 0 Å². The molecule has 5 rings (SSSR count). The highest BCUT2D eigenvalue weighted by molar-refractivity contribution is 7.09. The zero-order valence-corrected chi connectivity index (χ0v) is 19.0. The van der Waals surface area contributed by atoms with Gasteiger partial charge in [-0.1, -0.05) is 48.5 Å². The summed E-state index contributed by atoms with van der Waals surface area (Å²) in [4.78, 5) is 19.8. The van der Waals surface area contributed by atoms with Gasteiger partial charge >= 0.3 is 0 Å². The van der Waals surface area contributed by atoms with Crippen molar-refractivity contribution in [3.8, 4) is 0 Å². The number of carbonyl (C=O) groups is 1. The Morgan fingerprint density at radius 2 is 1.79 bits per heavy atom. The average molecular weight is 461 g/mol. The Labute approximate surface area is 196 Å². The van der Waals surface area contributed by atoms with E-state index in [1.807, 2.05) is 42.5 Å². The van der Waals surface area contributed by atoms with E-state index in [1.54, 1.807) is 12.1 Å². The number of nitrogens with one attached hydrogen (secondary N) is 1. The van der Waals surface area contributed by atoms with Crippen molar-refractivity contribution in [1.29, 1.82) is 0 Å². The smallest absolute Gasteiger partial charge is 0.251 e. The lowest BCUT2D eigenvalue weighted by molar-refractivity contribution is 0.0946. The van der Waals surface area contributed by atoms with Gasteiger partial charge in [-0.25, -0.2) is 9.37 Å². The van der Waals surface area contributed by atoms with E-state index in [4.69, 9.17) is 0 Å². The van der Waals surface area contributed by atoms with E-state index in [0.717, 1.165) is 58.8 Å². The molecule has 1 aliphatic rings. The van der Waals surface area contributed by atoms with E-state index in [1.165, 1.54) is 23.7 Å². The van der Waals surface area contributed by atoms with E-state index >= 15 is 0 Å². The summed E-state index contributed by atoms with van der Waals surface area (Å²) in [6.45, 7) is 2.49. The van der Waals surface area contributed by atoms with Gasteiger partial charge in [0.25, 0.3) is 5.91 Å². The van der Waals surface area contributed by atoms with Crippen LogP contribution in [-0.4, -0.2) is 34.9 Å². The lowest BCUT2D eigenvalue weighted by Gasteiger charge is -2.31. The average Bonchev–Trinajstić information content (AvgIpc) is 3.32. The quantitative estimate of drug-likeness (QED) is 0.437. The molecule has 7 heteroatoms. The van der Waals surface area contributed by atoms with Crippen molar-refractivity contribution in [3.05, 3.63) is 89.5 Å². The summed E-state index contributed by atoms with van der Waals surface area (Å²) in [5, 5.41) is 6.14. The molecular formula is C26H25FN4OS. The summed E-state index contributed by atoms with van der Waals surface area (Å²) in [5.41, 5.74) is 1.73. The van der Waals surface area contributed by atoms with Crippen LogP contribution in [0.1, 0.15) is 34.6 Å². The number of nitrogens with zero attached hydrogens (tertiary/aromatic N) is 3. The van der Waals surface area contributed by atoms with Crippen molar-refractivity contribution in [3.63, 3.8) is 0 Å². The third kappa shape index (κ3) is 5.03. The van der Waals surface area contributed by atoms with Crippen LogP contribution in [0.25, 0.3) is 10.8 Å². The van der Waals surface area contributed by atoms with E-state index < -0.39 is 0 Å². The molecule has 3 aromatic carbocycles. The molecule has 1 aliphatic heterocycles. The second kappa shape index (κ2) is 9.67. The molecule has 5 nitrogen and oxygen atoms in total. The second-order valence-electron chi connectivity index (χ2n) is 8.46. The van der Waals surface area contributed by atoms with Crippen molar-refractivity contribution < 1.29 is 9.18 Å². The largest absolute Gasteiger partial charge is 0.352 e. The van der Waals surface area contributed by atoms with Crippen LogP contribution >= 0.6 is 11.5 Å². The predicted molar refractivity (Wildman–Crippen MR) is 130 cm³/mol. The third-order valence-electron chi connectivity index (χ3n) is 6.20. The van der Waals surface area contributed by atoms with Crippen molar-refractivity contribution >= 4 is 33.3 Å². The number of piperidine rings is 1. The number of hydrogen-bond donors (Lipinski definition) is 1. The number of aromatic nitrogens is 2. The molecule has 1 amide bonds. The Morgan fingerprint density at radius 1 is 1.03 bits per heavy atom. The van der Waals surface area contributed by atoms with Gasteiger partial charge in [-0.05, 0) is 53.3 Å². The number of carbonyl (C=O) groups excluding carboxylic acids is 1. The van der Waals surface area contributed by atoms with Gasteiger partial charge in [-0.2, -0.15) is 4.37 Å². The summed E-state index contributed by atoms with van der Waals surface area (Å²) in [7, 11) is 0. The number of amides is 1. The number of anilines is 1. The van der Waals surface area contributed by atoms with Crippen molar-refractivity contribution in [2.45, 2.75) is 19.3 Å². The molecule has 0 radical (unpaired) electrons. The summed E-state index contributed by atoms with van der Waals surface area (Å²) in [6, 6.07) is 20.3. The van der Waals surface area contributed by atoms with Crippen molar-refractivity contribution in [1.82, 2.24) is 14.7 Å². The fraction of sp³-hybridized carbons (Fsp3) is 0.269. The van der Waals surface area contributed by atoms with Gasteiger partial charge in [-0.3, -0.25) is 4.79 Å². The zero-order chi connectivity index (χ0) is 22.6. The Bertz CT molecular complexity index is 1240. The van der Waals surface area contributed by atoms with Crippen molar-refractivity contribution in [2.75, 3.05) is 24.5 Å². The van der Waals surface area contributed by atoms with Gasteiger partial charge < -0.3 is 10.2 Å². The van der Waals surface area contributed by atoms with Crippen molar-refractivity contribution in [2.24, 2.45) is 5.92 Å². The van der Waals surface area contributed by atoms with Crippen LogP contribution in [0.15, 0.2) is 66.7 Å². The fourth-order valence-corrected chi connectivity index (χ4v) is 5.05. The maximum atomic E-state index is 13.1. The summed E-state index contributed by atoms with van der Waals surface area (Å²) < 4.78 is 17.6. The SMILES string of the molecule is O=C(NCC1CCN(c2nc(Cc3ccc(F)cc3)ns2)CC1)c1cccc2ccccc12. The first-order valence-electron chi connectivity index (χ1n) is 11.2. The summed E-state index contributed by atoms with van der Waals surface area (Å²) in [5.74, 6) is 0.975. The van der Waals surface area contributed by atoms with Crippen LogP contribution in [-0.2, 0) is 6.42 Å². The Kier molecular flexibility index (Phi) is 6.30. The molecule has 1 aromatic heterocycles. The molecule has 1 N–H and O–H groups in total. The Hall–Kier alpha value is -3.32. The molecular weight excluding hydrogens is 435 g/mol. The molecule has 33 heavy (non-hydrogen) atoms. The van der Waals surface area contributed by atoms with Gasteiger partial charge in [0.1, 0.15) is 11.6 Å². The first-order valence-corrected chi connectivity index (χ1v) is 12.0. The number of benzene rings is 3. The molecule has 0 spiro atoms. The Morgan fingerprint density at radius 3 is 2.61 bits per heavy atom. The van der Waals surface area contributed by atoms with Gasteiger partial charge in [0.15, 0.2) is 0 Å². The minimum Gasteiger partial charge on any atom is -0.352 e. The molecule has 0 bridgehead atoms. The lowest BCUT2D eigenvalue weighted by Crippen LogP contribution is -2.38. The minimum atomic E-state index is -0.234. The third-order valence-corrected chi connectivity index (χ3v) is 7.02. The van der Waals surface area contributed by atoms with Gasteiger partial charge in [0, 0.05) is 43.2 Å². The lowest BCUT2D eigenvalue weighted by atomic mass is 9.96. The number of hydrogen-bond acceptors (Lipinski definition) is 5. The molecule has 4 aromatic rings. The van der Waals surface area contributed by atoms with Gasteiger partial charge in [-0.15, -0.1) is 0 Å². The second-order valence-corrected chi connectivity index (χ2v) is 9.19. The first kappa shape index (κ1) is 21.5. The highest BCUT2D eigenvalue weighted by Crippen LogP contribution is 2.25. The Balaban J connectivity index is 1.13. The van der Waals surface area contributed by atoms with Gasteiger partial charge in [0.05, 0.1) is 0 Å². The van der Waals surface area contributed by atoms with E-state index in [2.05, 4.69) is 19.6 Å². The highest BCUT2D eigenvalue weighted by atomic mass is 32.1. The van der Waals surface area contributed by atoms with Crippen LogP contribution in [0.5, 0.6) is 0 Å². The molecule has 2 heterocycles. The topological polar surface area (TPSA) is 58.1 Å². The monoisotopic (exact) mass is 460 g/mol. The molecule has 0 aliphatic carbocycles. The maximum absolute atomic E-state index is 13.1. The summed E-state index contributed by atoms with van der Waals surface area (Å²) in [6.07, 6.45) is 2.61. The van der Waals surface area contributed by atoms with Crippen LogP contribution in [0.4, 0.5) is 9.52 Å². The van der Waals surface area contributed by atoms with E-state index in [0.29, 0.717) is 18.9 Å². The minimum absolute atomic E-state index is 0.0104.